The summed E-state index contributed by atoms with van der Waals surface area (Å²) in [5.74, 6) is 0.745. The van der Waals surface area contributed by atoms with E-state index < -0.39 is 15.1 Å². The molecule has 2 rings (SSSR count). The molecule has 1 fully saturated rings. The Morgan fingerprint density at radius 1 is 1.57 bits per heavy atom. The van der Waals surface area contributed by atoms with E-state index in [1.54, 1.807) is 0 Å². The number of nitrogens with two attached hydrogens (primary N) is 1. The molecule has 0 bridgehead atoms. The summed E-state index contributed by atoms with van der Waals surface area (Å²) in [5, 5.41) is 3.03. The molecule has 0 aliphatic carbocycles. The molecule has 1 aromatic rings. The van der Waals surface area contributed by atoms with Gasteiger partial charge in [0.15, 0.2) is 15.7 Å². The molecule has 14 heavy (non-hydrogen) atoms. The first-order valence-corrected chi connectivity index (χ1v) is 6.09. The van der Waals surface area contributed by atoms with Gasteiger partial charge in [0.25, 0.3) is 0 Å². The molecule has 2 N–H and O–H groups in total. The second kappa shape index (κ2) is 3.32. The highest BCUT2D eigenvalue weighted by Crippen LogP contribution is 2.32. The van der Waals surface area contributed by atoms with E-state index in [9.17, 15) is 8.42 Å². The van der Waals surface area contributed by atoms with Crippen molar-refractivity contribution in [2.75, 3.05) is 5.75 Å². The minimum Gasteiger partial charge on any atom is -0.338 e. The molecule has 6 nitrogen and oxygen atoms in total. The smallest absolute Gasteiger partial charge is 0.240 e. The minimum atomic E-state index is -3.06. The summed E-state index contributed by atoms with van der Waals surface area (Å²) in [6.45, 7) is 0.139. The van der Waals surface area contributed by atoms with Crippen LogP contribution in [0.1, 0.15) is 29.8 Å². The Kier molecular flexibility index (Phi) is 2.28. The van der Waals surface area contributed by atoms with Crippen LogP contribution in [0.5, 0.6) is 0 Å². The van der Waals surface area contributed by atoms with Crippen LogP contribution in [0.25, 0.3) is 0 Å². The summed E-state index contributed by atoms with van der Waals surface area (Å²) in [4.78, 5) is 3.92. The first-order chi connectivity index (χ1) is 6.63. The monoisotopic (exact) mass is 217 g/mol. The van der Waals surface area contributed by atoms with Crippen LogP contribution in [0.2, 0.25) is 0 Å². The third kappa shape index (κ3) is 1.53. The zero-order valence-corrected chi connectivity index (χ0v) is 8.33. The maximum Gasteiger partial charge on any atom is 0.240 e. The highest BCUT2D eigenvalue weighted by atomic mass is 32.2. The fourth-order valence-electron chi connectivity index (χ4n) is 1.56. The van der Waals surface area contributed by atoms with E-state index >= 15 is 0 Å². The van der Waals surface area contributed by atoms with Crippen molar-refractivity contribution in [1.82, 2.24) is 10.1 Å². The van der Waals surface area contributed by atoms with Gasteiger partial charge >= 0.3 is 0 Å². The van der Waals surface area contributed by atoms with Gasteiger partial charge in [-0.05, 0) is 12.8 Å². The Morgan fingerprint density at radius 2 is 2.36 bits per heavy atom. The summed E-state index contributed by atoms with van der Waals surface area (Å²) in [5.41, 5.74) is 5.28. The van der Waals surface area contributed by atoms with Crippen molar-refractivity contribution in [2.45, 2.75) is 24.6 Å². The Hall–Kier alpha value is -0.950. The quantitative estimate of drug-likeness (QED) is 0.735. The molecule has 1 aromatic heterocycles. The zero-order chi connectivity index (χ0) is 10.2. The van der Waals surface area contributed by atoms with E-state index in [4.69, 9.17) is 10.3 Å². The lowest BCUT2D eigenvalue weighted by Crippen LogP contribution is -2.09. The van der Waals surface area contributed by atoms with Crippen LogP contribution in [0.15, 0.2) is 4.52 Å². The van der Waals surface area contributed by atoms with Crippen molar-refractivity contribution in [3.63, 3.8) is 0 Å². The molecule has 1 saturated heterocycles. The number of hydrogen-bond donors (Lipinski definition) is 1. The van der Waals surface area contributed by atoms with Gasteiger partial charge in [0, 0.05) is 0 Å². The third-order valence-corrected chi connectivity index (χ3v) is 4.45. The van der Waals surface area contributed by atoms with Gasteiger partial charge in [0.2, 0.25) is 5.89 Å². The molecule has 0 radical (unpaired) electrons. The van der Waals surface area contributed by atoms with E-state index in [2.05, 4.69) is 10.1 Å². The van der Waals surface area contributed by atoms with Gasteiger partial charge < -0.3 is 10.3 Å². The van der Waals surface area contributed by atoms with Crippen LogP contribution in [-0.4, -0.2) is 24.3 Å². The van der Waals surface area contributed by atoms with Crippen molar-refractivity contribution in [2.24, 2.45) is 5.73 Å². The number of aromatic nitrogens is 2. The molecule has 78 valence electrons. The van der Waals surface area contributed by atoms with Crippen molar-refractivity contribution in [1.29, 1.82) is 0 Å². The minimum absolute atomic E-state index is 0.139. The number of nitrogens with zero attached hydrogens (tertiary/aromatic N) is 2. The third-order valence-electron chi connectivity index (χ3n) is 2.28. The van der Waals surface area contributed by atoms with Gasteiger partial charge in [0.05, 0.1) is 12.3 Å². The van der Waals surface area contributed by atoms with E-state index in [0.717, 1.165) is 0 Å². The molecule has 1 unspecified atom stereocenters. The predicted octanol–water partition coefficient (Wildman–Crippen LogP) is -0.222. The topological polar surface area (TPSA) is 99.1 Å². The van der Waals surface area contributed by atoms with Crippen LogP contribution in [0, 0.1) is 0 Å². The van der Waals surface area contributed by atoms with E-state index in [-0.39, 0.29) is 24.0 Å². The van der Waals surface area contributed by atoms with Crippen LogP contribution in [0.3, 0.4) is 0 Å². The lowest BCUT2D eigenvalue weighted by molar-refractivity contribution is 0.373. The highest BCUT2D eigenvalue weighted by molar-refractivity contribution is 7.91. The summed E-state index contributed by atoms with van der Waals surface area (Å²) in [7, 11) is -3.06. The van der Waals surface area contributed by atoms with Crippen molar-refractivity contribution >= 4 is 9.84 Å². The van der Waals surface area contributed by atoms with Crippen LogP contribution in [0.4, 0.5) is 0 Å². The summed E-state index contributed by atoms with van der Waals surface area (Å²) in [6, 6.07) is 0. The summed E-state index contributed by atoms with van der Waals surface area (Å²) < 4.78 is 27.8. The molecule has 0 spiro atoms. The van der Waals surface area contributed by atoms with Crippen LogP contribution >= 0.6 is 0 Å². The van der Waals surface area contributed by atoms with Gasteiger partial charge in [-0.3, -0.25) is 0 Å². The molecule has 1 aliphatic rings. The van der Waals surface area contributed by atoms with Gasteiger partial charge in [-0.2, -0.15) is 4.98 Å². The standard InChI is InChI=1S/C7H11N3O3S/c8-4-6-9-7(10-13-6)5-2-1-3-14(5,11)12/h5H,1-4,8H2. The predicted molar refractivity (Wildman–Crippen MR) is 48.0 cm³/mol. The second-order valence-electron chi connectivity index (χ2n) is 3.25. The van der Waals surface area contributed by atoms with Crippen LogP contribution < -0.4 is 5.73 Å². The maximum atomic E-state index is 11.5. The Balaban J connectivity index is 2.31. The molecule has 0 saturated carbocycles. The van der Waals surface area contributed by atoms with Crippen molar-refractivity contribution < 1.29 is 12.9 Å². The Labute approximate surface area is 81.4 Å². The molecule has 7 heteroatoms. The van der Waals surface area contributed by atoms with Crippen molar-refractivity contribution in [3.05, 3.63) is 11.7 Å². The number of sulfone groups is 1. The molecule has 0 aromatic carbocycles. The highest BCUT2D eigenvalue weighted by Gasteiger charge is 2.36. The molecule has 2 heterocycles. The normalized spacial score (nSPS) is 25.4. The first kappa shape index (κ1) is 9.60. The van der Waals surface area contributed by atoms with E-state index in [1.807, 2.05) is 0 Å². The average Bonchev–Trinajstić information content (AvgIpc) is 2.70. The van der Waals surface area contributed by atoms with Crippen molar-refractivity contribution in [3.8, 4) is 0 Å². The first-order valence-electron chi connectivity index (χ1n) is 4.37. The Bertz CT molecular complexity index is 425. The largest absolute Gasteiger partial charge is 0.338 e. The second-order valence-corrected chi connectivity index (χ2v) is 5.55. The fraction of sp³-hybridized carbons (Fsp3) is 0.714. The van der Waals surface area contributed by atoms with Gasteiger partial charge in [-0.15, -0.1) is 0 Å². The summed E-state index contributed by atoms with van der Waals surface area (Å²) >= 11 is 0. The summed E-state index contributed by atoms with van der Waals surface area (Å²) in [6.07, 6.45) is 1.24. The maximum absolute atomic E-state index is 11.5. The van der Waals surface area contributed by atoms with Gasteiger partial charge in [0.1, 0.15) is 5.25 Å². The SMILES string of the molecule is NCc1nc(C2CCCS2(=O)=O)no1. The fourth-order valence-corrected chi connectivity index (χ4v) is 3.36. The molecule has 1 aliphatic heterocycles. The van der Waals surface area contributed by atoms with E-state index in [1.165, 1.54) is 0 Å². The van der Waals surface area contributed by atoms with Gasteiger partial charge in [-0.1, -0.05) is 5.16 Å². The van der Waals surface area contributed by atoms with E-state index in [0.29, 0.717) is 12.8 Å². The lowest BCUT2D eigenvalue weighted by atomic mass is 10.2. The Morgan fingerprint density at radius 3 is 2.86 bits per heavy atom. The number of rotatable bonds is 2. The average molecular weight is 217 g/mol. The number of hydrogen-bond acceptors (Lipinski definition) is 6. The molecule has 1 atom stereocenters. The zero-order valence-electron chi connectivity index (χ0n) is 7.51. The van der Waals surface area contributed by atoms with Crippen LogP contribution in [-0.2, 0) is 16.4 Å². The van der Waals surface area contributed by atoms with Gasteiger partial charge in [-0.25, -0.2) is 8.42 Å². The molecule has 0 amide bonds. The molecular weight excluding hydrogens is 206 g/mol. The lowest BCUT2D eigenvalue weighted by Gasteiger charge is -2.01. The molecular formula is C7H11N3O3S.